The minimum absolute atomic E-state index is 0.0923. The number of aliphatic hydroxyl groups excluding tert-OH is 1. The minimum atomic E-state index is -1.08. The van der Waals surface area contributed by atoms with E-state index in [1.807, 2.05) is 18.2 Å². The number of rotatable bonds is 8. The second kappa shape index (κ2) is 13.5. The van der Waals surface area contributed by atoms with Crippen LogP contribution in [-0.2, 0) is 29.0 Å². The van der Waals surface area contributed by atoms with Gasteiger partial charge in [0.15, 0.2) is 12.2 Å². The zero-order valence-corrected chi connectivity index (χ0v) is 25.2. The summed E-state index contributed by atoms with van der Waals surface area (Å²) in [5.41, 5.74) is 1.92. The third-order valence-corrected chi connectivity index (χ3v) is 7.45. The average Bonchev–Trinajstić information content (AvgIpc) is 3.55. The van der Waals surface area contributed by atoms with Crippen LogP contribution < -0.4 is 10.1 Å². The summed E-state index contributed by atoms with van der Waals surface area (Å²) < 4.78 is 22.0. The highest BCUT2D eigenvalue weighted by Crippen LogP contribution is 2.30. The predicted octanol–water partition coefficient (Wildman–Crippen LogP) is 3.18. The number of ether oxygens (including phenoxy) is 3. The van der Waals surface area contributed by atoms with Crippen molar-refractivity contribution in [2.75, 3.05) is 32.8 Å². The lowest BCUT2D eigenvalue weighted by Gasteiger charge is -2.40. The van der Waals surface area contributed by atoms with Crippen molar-refractivity contribution >= 4 is 17.9 Å². The van der Waals surface area contributed by atoms with Crippen molar-refractivity contribution in [3.63, 3.8) is 0 Å². The summed E-state index contributed by atoms with van der Waals surface area (Å²) in [6.45, 7) is 7.73. The summed E-state index contributed by atoms with van der Waals surface area (Å²) in [5.74, 6) is 0.681. The van der Waals surface area contributed by atoms with E-state index in [-0.39, 0.29) is 25.6 Å². The Morgan fingerprint density at radius 3 is 2.48 bits per heavy atom. The van der Waals surface area contributed by atoms with Gasteiger partial charge in [0.25, 0.3) is 11.8 Å². The molecule has 2 aromatic carbocycles. The number of carbonyl (C=O) groups excluding carboxylic acids is 3. The second-order valence-corrected chi connectivity index (χ2v) is 11.8. The van der Waals surface area contributed by atoms with Gasteiger partial charge in [-0.2, -0.15) is 0 Å². The lowest BCUT2D eigenvalue weighted by atomic mass is 9.91. The number of aromatic nitrogens is 1. The molecule has 1 fully saturated rings. The summed E-state index contributed by atoms with van der Waals surface area (Å²) in [5, 5.41) is 14.0. The molecule has 12 heteroatoms. The highest BCUT2D eigenvalue weighted by atomic mass is 16.6. The first-order valence-corrected chi connectivity index (χ1v) is 14.6. The molecule has 0 aliphatic carbocycles. The van der Waals surface area contributed by atoms with Crippen LogP contribution in [0, 0.1) is 0 Å². The predicted molar refractivity (Wildman–Crippen MR) is 158 cm³/mol. The van der Waals surface area contributed by atoms with Crippen LogP contribution in [0.1, 0.15) is 58.4 Å². The Balaban J connectivity index is 1.24. The van der Waals surface area contributed by atoms with Gasteiger partial charge in [0.05, 0.1) is 31.6 Å². The number of carbonyl (C=O) groups is 3. The molecule has 0 saturated carbocycles. The minimum Gasteiger partial charge on any atom is -0.486 e. The molecule has 2 N–H and O–H groups in total. The molecular formula is C32H38N4O8. The van der Waals surface area contributed by atoms with Crippen LogP contribution in [0.25, 0.3) is 0 Å². The van der Waals surface area contributed by atoms with Gasteiger partial charge >= 0.3 is 6.09 Å². The molecule has 2 aliphatic rings. The molecule has 5 rings (SSSR count). The fourth-order valence-electron chi connectivity index (χ4n) is 5.16. The first-order chi connectivity index (χ1) is 21.1. The van der Waals surface area contributed by atoms with E-state index in [9.17, 15) is 19.5 Å². The number of nitrogens with zero attached hydrogens (tertiary/aromatic N) is 3. The largest absolute Gasteiger partial charge is 0.486 e. The van der Waals surface area contributed by atoms with Crippen LogP contribution in [0.5, 0.6) is 5.75 Å². The van der Waals surface area contributed by atoms with Gasteiger partial charge in [0, 0.05) is 37.3 Å². The van der Waals surface area contributed by atoms with E-state index in [2.05, 4.69) is 10.3 Å². The molecule has 3 heterocycles. The van der Waals surface area contributed by atoms with Crippen molar-refractivity contribution in [2.24, 2.45) is 0 Å². The molecule has 44 heavy (non-hydrogen) atoms. The third-order valence-electron chi connectivity index (χ3n) is 7.45. The van der Waals surface area contributed by atoms with Gasteiger partial charge in [-0.25, -0.2) is 9.78 Å². The maximum atomic E-state index is 13.3. The Kier molecular flexibility index (Phi) is 9.50. The quantitative estimate of drug-likeness (QED) is 0.395. The van der Waals surface area contributed by atoms with E-state index < -0.39 is 29.7 Å². The number of amides is 3. The van der Waals surface area contributed by atoms with Crippen molar-refractivity contribution in [1.82, 2.24) is 20.1 Å². The summed E-state index contributed by atoms with van der Waals surface area (Å²) in [6, 6.07) is 11.4. The molecule has 1 unspecified atom stereocenters. The molecule has 0 spiro atoms. The standard InChI is InChI=1S/C32H38N4O8/c1-32(2,3)44-31(40)36-18-24-14-25(42-19-26-16-33-20-43-26)9-8-23(24)15-27(36)28(37)17-34-29(38)21-4-6-22(7-5-21)30(39)35-10-12-41-13-11-35/h4-9,14,16,20,27-28,37H,10-13,15,17-19H2,1-3H3,(H,34,38)/t27?,28-/m1/s1. The van der Waals surface area contributed by atoms with Crippen molar-refractivity contribution in [2.45, 2.75) is 58.1 Å². The molecule has 234 valence electrons. The fourth-order valence-corrected chi connectivity index (χ4v) is 5.16. The van der Waals surface area contributed by atoms with E-state index in [1.54, 1.807) is 56.1 Å². The fraction of sp³-hybridized carbons (Fsp3) is 0.438. The molecule has 3 amide bonds. The second-order valence-electron chi connectivity index (χ2n) is 11.8. The van der Waals surface area contributed by atoms with Gasteiger partial charge in [-0.15, -0.1) is 0 Å². The smallest absolute Gasteiger partial charge is 0.410 e. The Morgan fingerprint density at radius 2 is 1.80 bits per heavy atom. The van der Waals surface area contributed by atoms with Crippen LogP contribution in [0.4, 0.5) is 4.79 Å². The Hall–Kier alpha value is -4.42. The van der Waals surface area contributed by atoms with E-state index in [1.165, 1.54) is 11.3 Å². The lowest BCUT2D eigenvalue weighted by Crippen LogP contribution is -2.54. The van der Waals surface area contributed by atoms with E-state index >= 15 is 0 Å². The number of hydrogen-bond acceptors (Lipinski definition) is 9. The number of aliphatic hydroxyl groups is 1. The molecule has 0 bridgehead atoms. The maximum absolute atomic E-state index is 13.3. The number of morpholine rings is 1. The van der Waals surface area contributed by atoms with Crippen molar-refractivity contribution < 1.29 is 38.1 Å². The number of fused-ring (bicyclic) bond motifs is 1. The molecular weight excluding hydrogens is 568 g/mol. The van der Waals surface area contributed by atoms with Gasteiger partial charge in [-0.3, -0.25) is 14.5 Å². The Morgan fingerprint density at radius 1 is 1.07 bits per heavy atom. The van der Waals surface area contributed by atoms with Crippen molar-refractivity contribution in [3.05, 3.63) is 83.1 Å². The summed E-state index contributed by atoms with van der Waals surface area (Å²) in [4.78, 5) is 46.0. The first kappa shape index (κ1) is 31.0. The molecule has 1 aromatic heterocycles. The molecule has 1 saturated heterocycles. The topological polar surface area (TPSA) is 144 Å². The summed E-state index contributed by atoms with van der Waals surface area (Å²) in [7, 11) is 0. The highest BCUT2D eigenvalue weighted by Gasteiger charge is 2.37. The molecule has 12 nitrogen and oxygen atoms in total. The Bertz CT molecular complexity index is 1450. The van der Waals surface area contributed by atoms with Crippen LogP contribution in [0.15, 0.2) is 59.5 Å². The highest BCUT2D eigenvalue weighted by molar-refractivity contribution is 5.97. The molecule has 3 aromatic rings. The SMILES string of the molecule is CC(C)(C)OC(=O)N1Cc2cc(OCc3cnco3)ccc2CC1[C@H](O)CNC(=O)c1ccc(C(=O)N2CCOCC2)cc1. The van der Waals surface area contributed by atoms with Gasteiger partial charge in [-0.05, 0) is 74.7 Å². The lowest BCUT2D eigenvalue weighted by molar-refractivity contribution is -0.0113. The normalized spacial score (nSPS) is 17.4. The maximum Gasteiger partial charge on any atom is 0.410 e. The third kappa shape index (κ3) is 7.74. The summed E-state index contributed by atoms with van der Waals surface area (Å²) >= 11 is 0. The van der Waals surface area contributed by atoms with E-state index in [0.29, 0.717) is 55.4 Å². The first-order valence-electron chi connectivity index (χ1n) is 14.6. The van der Waals surface area contributed by atoms with E-state index in [4.69, 9.17) is 18.6 Å². The van der Waals surface area contributed by atoms with Crippen molar-refractivity contribution in [1.29, 1.82) is 0 Å². The van der Waals surface area contributed by atoms with Crippen LogP contribution in [-0.4, -0.2) is 88.4 Å². The van der Waals surface area contributed by atoms with Crippen LogP contribution in [0.2, 0.25) is 0 Å². The summed E-state index contributed by atoms with van der Waals surface area (Å²) in [6.07, 6.45) is 1.63. The zero-order chi connectivity index (χ0) is 31.3. The molecule has 2 aliphatic heterocycles. The zero-order valence-electron chi connectivity index (χ0n) is 25.2. The van der Waals surface area contributed by atoms with Gasteiger partial charge in [0.1, 0.15) is 18.0 Å². The molecule has 2 atom stereocenters. The van der Waals surface area contributed by atoms with Crippen LogP contribution in [0.3, 0.4) is 0 Å². The molecule has 0 radical (unpaired) electrons. The number of benzene rings is 2. The monoisotopic (exact) mass is 606 g/mol. The Labute approximate surface area is 255 Å². The van der Waals surface area contributed by atoms with Crippen LogP contribution >= 0.6 is 0 Å². The van der Waals surface area contributed by atoms with Gasteiger partial charge < -0.3 is 34.0 Å². The van der Waals surface area contributed by atoms with Gasteiger partial charge in [-0.1, -0.05) is 6.07 Å². The number of oxazole rings is 1. The average molecular weight is 607 g/mol. The van der Waals surface area contributed by atoms with Gasteiger partial charge in [0.2, 0.25) is 0 Å². The van der Waals surface area contributed by atoms with E-state index in [0.717, 1.165) is 11.1 Å². The number of nitrogens with one attached hydrogen (secondary N) is 1. The number of hydrogen-bond donors (Lipinski definition) is 2. The van der Waals surface area contributed by atoms with Crippen molar-refractivity contribution in [3.8, 4) is 5.75 Å².